The van der Waals surface area contributed by atoms with Crippen molar-refractivity contribution in [1.82, 2.24) is 0 Å². The molecule has 3 saturated carbocycles. The van der Waals surface area contributed by atoms with Crippen LogP contribution in [0.3, 0.4) is 0 Å². The van der Waals surface area contributed by atoms with E-state index >= 15 is 4.79 Å². The van der Waals surface area contributed by atoms with E-state index in [0.29, 0.717) is 11.7 Å². The summed E-state index contributed by atoms with van der Waals surface area (Å²) in [4.78, 5) is 15.2. The van der Waals surface area contributed by atoms with Gasteiger partial charge in [-0.2, -0.15) is 0 Å². The first-order valence-corrected chi connectivity index (χ1v) is 18.5. The highest BCUT2D eigenvalue weighted by atomic mass is 28.3. The summed E-state index contributed by atoms with van der Waals surface area (Å²) >= 11 is 0. The molecule has 1 heterocycles. The third-order valence-electron chi connectivity index (χ3n) is 11.6. The number of fused-ring (bicyclic) bond motifs is 3. The summed E-state index contributed by atoms with van der Waals surface area (Å²) in [7, 11) is -2.57. The van der Waals surface area contributed by atoms with Gasteiger partial charge >= 0.3 is 0 Å². The van der Waals surface area contributed by atoms with Crippen LogP contribution in [0.15, 0.2) is 121 Å². The Kier molecular flexibility index (Phi) is 6.41. The zero-order valence-corrected chi connectivity index (χ0v) is 27.4. The largest absolute Gasteiger partial charge is 0.454 e. The van der Waals surface area contributed by atoms with Crippen molar-refractivity contribution in [1.29, 1.82) is 0 Å². The van der Waals surface area contributed by atoms with E-state index in [9.17, 15) is 0 Å². The summed E-state index contributed by atoms with van der Waals surface area (Å²) in [6.45, 7) is 7.54. The lowest BCUT2D eigenvalue weighted by Crippen LogP contribution is -2.68. The quantitative estimate of drug-likeness (QED) is 0.137. The first-order valence-electron chi connectivity index (χ1n) is 16.3. The van der Waals surface area contributed by atoms with E-state index < -0.39 is 13.5 Å². The molecule has 1 aliphatic heterocycles. The van der Waals surface area contributed by atoms with E-state index in [0.717, 1.165) is 47.8 Å². The van der Waals surface area contributed by atoms with Crippen LogP contribution in [0.4, 0.5) is 0 Å². The Hall–Kier alpha value is -4.15. The molecule has 3 aliphatic carbocycles. The number of hydrogen-bond acceptors (Lipinski definition) is 3. The van der Waals surface area contributed by atoms with Gasteiger partial charge in [0, 0.05) is 16.4 Å². The molecule has 3 nitrogen and oxygen atoms in total. The molecule has 9 rings (SSSR count). The fraction of sp³-hybridized carbons (Fsp3) is 0.293. The smallest absolute Gasteiger partial charge is 0.231 e. The highest BCUT2D eigenvalue weighted by molar-refractivity contribution is 7.04. The molecule has 0 aromatic heterocycles. The summed E-state index contributed by atoms with van der Waals surface area (Å²) in [5.74, 6) is 2.42. The summed E-state index contributed by atoms with van der Waals surface area (Å²) < 4.78 is 11.8. The first kappa shape index (κ1) is 28.3. The highest BCUT2D eigenvalue weighted by Crippen LogP contribution is 2.73. The molecule has 2 bridgehead atoms. The average Bonchev–Trinajstić information content (AvgIpc) is 3.74. The topological polar surface area (TPSA) is 35.5 Å². The number of hydrogen-bond donors (Lipinski definition) is 0. The van der Waals surface area contributed by atoms with Crippen LogP contribution in [0.25, 0.3) is 10.8 Å². The van der Waals surface area contributed by atoms with Gasteiger partial charge in [0.05, 0.1) is 0 Å². The van der Waals surface area contributed by atoms with Crippen molar-refractivity contribution in [2.24, 2.45) is 11.3 Å². The van der Waals surface area contributed by atoms with Gasteiger partial charge in [-0.15, -0.1) is 0 Å². The molecule has 0 saturated heterocycles. The van der Waals surface area contributed by atoms with E-state index in [1.54, 1.807) is 0 Å². The molecule has 0 amide bonds. The number of Topliss-reactive ketones (excluding diaryl/α,β-unsaturated/α-hetero) is 1. The molecule has 4 heteroatoms. The Bertz CT molecular complexity index is 1860. The van der Waals surface area contributed by atoms with Crippen LogP contribution in [-0.4, -0.2) is 20.7 Å². The minimum absolute atomic E-state index is 0.0286. The summed E-state index contributed by atoms with van der Waals surface area (Å²) in [6.07, 6.45) is 2.88. The Morgan fingerprint density at radius 1 is 0.711 bits per heavy atom. The third kappa shape index (κ3) is 4.11. The van der Waals surface area contributed by atoms with Crippen LogP contribution >= 0.6 is 0 Å². The lowest BCUT2D eigenvalue weighted by molar-refractivity contribution is 0.0502. The summed E-state index contributed by atoms with van der Waals surface area (Å²) in [5, 5.41) is 5.12. The van der Waals surface area contributed by atoms with Crippen molar-refractivity contribution in [3.63, 3.8) is 0 Å². The second kappa shape index (κ2) is 10.2. The molecule has 0 N–H and O–H groups in total. The average molecular weight is 609 g/mol. The summed E-state index contributed by atoms with van der Waals surface area (Å²) in [5.41, 5.74) is 1.23. The maximum absolute atomic E-state index is 15.2. The SMILES string of the molecule is CC(C)(C)[Si](C[C@]1(c2ccc3c(c2)OCO3)CC2CC1(C(=O)c1ccc3ccccc3c1)C2)(c1ccccc1)c1ccccc1. The predicted molar refractivity (Wildman–Crippen MR) is 185 cm³/mol. The van der Waals surface area contributed by atoms with Crippen molar-refractivity contribution in [2.45, 2.75) is 56.5 Å². The molecule has 5 aromatic rings. The molecule has 5 aromatic carbocycles. The monoisotopic (exact) mass is 608 g/mol. The zero-order chi connectivity index (χ0) is 30.9. The van der Waals surface area contributed by atoms with E-state index in [2.05, 4.69) is 142 Å². The van der Waals surface area contributed by atoms with Gasteiger partial charge in [-0.05, 0) is 70.8 Å². The van der Waals surface area contributed by atoms with Gasteiger partial charge in [-0.1, -0.05) is 134 Å². The maximum Gasteiger partial charge on any atom is 0.231 e. The van der Waals surface area contributed by atoms with Gasteiger partial charge in [0.2, 0.25) is 6.79 Å². The Morgan fingerprint density at radius 3 is 2.00 bits per heavy atom. The Balaban J connectivity index is 1.38. The molecule has 0 spiro atoms. The van der Waals surface area contributed by atoms with Crippen LogP contribution in [0.1, 0.15) is 56.0 Å². The second-order valence-corrected chi connectivity index (χ2v) is 19.5. The Morgan fingerprint density at radius 2 is 1.33 bits per heavy atom. The number of ketones is 1. The maximum atomic E-state index is 15.2. The van der Waals surface area contributed by atoms with E-state index in [1.807, 2.05) is 0 Å². The molecule has 4 aliphatic rings. The fourth-order valence-corrected chi connectivity index (χ4v) is 15.6. The van der Waals surface area contributed by atoms with Crippen LogP contribution in [0.2, 0.25) is 11.1 Å². The first-order chi connectivity index (χ1) is 21.8. The number of ether oxygens (including phenoxy) is 2. The van der Waals surface area contributed by atoms with Crippen LogP contribution in [0, 0.1) is 11.3 Å². The van der Waals surface area contributed by atoms with Crippen molar-refractivity contribution < 1.29 is 14.3 Å². The van der Waals surface area contributed by atoms with Crippen molar-refractivity contribution in [3.05, 3.63) is 132 Å². The molecule has 45 heavy (non-hydrogen) atoms. The second-order valence-electron chi connectivity index (χ2n) is 14.7. The number of carbonyl (C=O) groups is 1. The van der Waals surface area contributed by atoms with Gasteiger partial charge in [0.15, 0.2) is 17.3 Å². The lowest BCUT2D eigenvalue weighted by Gasteiger charge is -2.54. The van der Waals surface area contributed by atoms with Gasteiger partial charge in [0.1, 0.15) is 8.07 Å². The van der Waals surface area contributed by atoms with E-state index in [1.165, 1.54) is 21.3 Å². The molecule has 226 valence electrons. The third-order valence-corrected chi connectivity index (χ3v) is 17.9. The molecule has 0 radical (unpaired) electrons. The molecular formula is C41H40O3Si. The van der Waals surface area contributed by atoms with E-state index in [-0.39, 0.29) is 17.2 Å². The van der Waals surface area contributed by atoms with E-state index in [4.69, 9.17) is 9.47 Å². The zero-order valence-electron chi connectivity index (χ0n) is 26.4. The predicted octanol–water partition coefficient (Wildman–Crippen LogP) is 8.55. The van der Waals surface area contributed by atoms with Crippen LogP contribution in [0.5, 0.6) is 11.5 Å². The van der Waals surface area contributed by atoms with Gasteiger partial charge in [0.25, 0.3) is 0 Å². The highest BCUT2D eigenvalue weighted by Gasteiger charge is 2.72. The van der Waals surface area contributed by atoms with Crippen molar-refractivity contribution >= 4 is 35.0 Å². The van der Waals surface area contributed by atoms with Gasteiger partial charge < -0.3 is 9.47 Å². The number of rotatable bonds is 7. The lowest BCUT2D eigenvalue weighted by atomic mass is 9.55. The standard InChI is InChI=1S/C41H40O3Si/c1-39(2,3)45(34-14-6-4-7-15-34,35-16-8-5-9-17-35)27-41(33-20-21-36-37(23-33)44-28-43-36)26-29-24-40(41,25-29)38(42)32-19-18-30-12-10-11-13-31(30)22-32/h4-23,29H,24-28H2,1-3H3/t29?,40?,41-/m0/s1. The van der Waals surface area contributed by atoms with Crippen LogP contribution < -0.4 is 19.8 Å². The normalized spacial score (nSPS) is 23.6. The Labute approximate surface area is 267 Å². The van der Waals surface area contributed by atoms with Crippen molar-refractivity contribution in [2.75, 3.05) is 6.79 Å². The summed E-state index contributed by atoms with van der Waals surface area (Å²) in [6, 6.07) is 44.6. The minimum atomic E-state index is -2.57. The molecule has 3 fully saturated rings. The molecule has 1 atom stereocenters. The fourth-order valence-electron chi connectivity index (χ4n) is 9.49. The number of benzene rings is 5. The molecule has 0 unspecified atom stereocenters. The molecular weight excluding hydrogens is 569 g/mol. The minimum Gasteiger partial charge on any atom is -0.454 e. The number of carbonyl (C=O) groups excluding carboxylic acids is 1. The van der Waals surface area contributed by atoms with Crippen LogP contribution in [-0.2, 0) is 5.41 Å². The van der Waals surface area contributed by atoms with Gasteiger partial charge in [-0.25, -0.2) is 0 Å². The van der Waals surface area contributed by atoms with Crippen molar-refractivity contribution in [3.8, 4) is 11.5 Å². The van der Waals surface area contributed by atoms with Gasteiger partial charge in [-0.3, -0.25) is 4.79 Å².